The van der Waals surface area contributed by atoms with Gasteiger partial charge in [0.25, 0.3) is 0 Å². The maximum atomic E-state index is 11.0. The van der Waals surface area contributed by atoms with Gasteiger partial charge >= 0.3 is 5.69 Å². The number of hydrogen-bond donors (Lipinski definition) is 2. The van der Waals surface area contributed by atoms with Crippen LogP contribution in [0.1, 0.15) is 5.56 Å². The molecule has 0 radical (unpaired) electrons. The van der Waals surface area contributed by atoms with Crippen LogP contribution in [-0.4, -0.2) is 4.92 Å². The lowest BCUT2D eigenvalue weighted by Crippen LogP contribution is -2.04. The molecule has 5 nitrogen and oxygen atoms in total. The summed E-state index contributed by atoms with van der Waals surface area (Å²) in [5.74, 6) is 0. The minimum atomic E-state index is -0.490. The van der Waals surface area contributed by atoms with E-state index in [4.69, 9.17) is 17.3 Å². The van der Waals surface area contributed by atoms with E-state index in [9.17, 15) is 10.1 Å². The first-order valence-electron chi connectivity index (χ1n) is 5.59. The third kappa shape index (κ3) is 3.14. The zero-order chi connectivity index (χ0) is 13.8. The summed E-state index contributed by atoms with van der Waals surface area (Å²) in [5, 5.41) is 14.6. The van der Waals surface area contributed by atoms with E-state index in [0.717, 1.165) is 5.56 Å². The Morgan fingerprint density at radius 3 is 2.68 bits per heavy atom. The van der Waals surface area contributed by atoms with Crippen LogP contribution in [0.25, 0.3) is 0 Å². The van der Waals surface area contributed by atoms with E-state index in [-0.39, 0.29) is 11.4 Å². The van der Waals surface area contributed by atoms with Crippen molar-refractivity contribution in [1.82, 2.24) is 0 Å². The van der Waals surface area contributed by atoms with Crippen LogP contribution < -0.4 is 11.1 Å². The van der Waals surface area contributed by atoms with Gasteiger partial charge in [0.1, 0.15) is 11.4 Å². The van der Waals surface area contributed by atoms with Gasteiger partial charge < -0.3 is 11.1 Å². The van der Waals surface area contributed by atoms with E-state index < -0.39 is 4.92 Å². The van der Waals surface area contributed by atoms with Crippen molar-refractivity contribution in [2.45, 2.75) is 6.54 Å². The molecule has 2 aromatic carbocycles. The fourth-order valence-corrected chi connectivity index (χ4v) is 1.96. The molecule has 0 aliphatic rings. The van der Waals surface area contributed by atoms with Gasteiger partial charge in [-0.25, -0.2) is 0 Å². The third-order valence-electron chi connectivity index (χ3n) is 2.62. The monoisotopic (exact) mass is 277 g/mol. The quantitative estimate of drug-likeness (QED) is 0.509. The maximum Gasteiger partial charge on any atom is 0.314 e. The SMILES string of the molecule is Nc1cccc(NCc2cccc(Cl)c2)c1[N+](=O)[O-]. The molecule has 0 unspecified atom stereocenters. The predicted octanol–water partition coefficient (Wildman–Crippen LogP) is 3.44. The highest BCUT2D eigenvalue weighted by Crippen LogP contribution is 2.30. The second-order valence-corrected chi connectivity index (χ2v) is 4.42. The molecule has 2 aromatic rings. The van der Waals surface area contributed by atoms with Crippen LogP contribution in [0.15, 0.2) is 42.5 Å². The summed E-state index contributed by atoms with van der Waals surface area (Å²) < 4.78 is 0. The van der Waals surface area contributed by atoms with E-state index in [2.05, 4.69) is 5.32 Å². The Morgan fingerprint density at radius 1 is 1.26 bits per heavy atom. The van der Waals surface area contributed by atoms with Gasteiger partial charge in [-0.2, -0.15) is 0 Å². The van der Waals surface area contributed by atoms with E-state index in [1.807, 2.05) is 12.1 Å². The van der Waals surface area contributed by atoms with Crippen molar-refractivity contribution in [3.8, 4) is 0 Å². The van der Waals surface area contributed by atoms with Crippen LogP contribution in [0.5, 0.6) is 0 Å². The standard InChI is InChI=1S/C13H12ClN3O2/c14-10-4-1-3-9(7-10)8-16-12-6-2-5-11(15)13(12)17(18)19/h1-7,16H,8,15H2. The molecular formula is C13H12ClN3O2. The second-order valence-electron chi connectivity index (χ2n) is 3.98. The highest BCUT2D eigenvalue weighted by molar-refractivity contribution is 6.30. The van der Waals surface area contributed by atoms with E-state index in [1.165, 1.54) is 6.07 Å². The van der Waals surface area contributed by atoms with Crippen molar-refractivity contribution in [2.75, 3.05) is 11.1 Å². The molecule has 0 fully saturated rings. The smallest absolute Gasteiger partial charge is 0.314 e. The van der Waals surface area contributed by atoms with Crippen LogP contribution in [0.2, 0.25) is 5.02 Å². The Bertz CT molecular complexity index is 617. The molecule has 2 rings (SSSR count). The van der Waals surface area contributed by atoms with Gasteiger partial charge in [0.2, 0.25) is 0 Å². The number of hydrogen-bond acceptors (Lipinski definition) is 4. The van der Waals surface area contributed by atoms with Crippen molar-refractivity contribution in [3.63, 3.8) is 0 Å². The van der Waals surface area contributed by atoms with Gasteiger partial charge in [-0.3, -0.25) is 10.1 Å². The Morgan fingerprint density at radius 2 is 2.00 bits per heavy atom. The Kier molecular flexibility index (Phi) is 3.87. The van der Waals surface area contributed by atoms with Crippen LogP contribution in [-0.2, 0) is 6.54 Å². The Balaban J connectivity index is 2.20. The van der Waals surface area contributed by atoms with E-state index >= 15 is 0 Å². The van der Waals surface area contributed by atoms with E-state index in [1.54, 1.807) is 24.3 Å². The number of para-hydroxylation sites is 1. The molecule has 19 heavy (non-hydrogen) atoms. The van der Waals surface area contributed by atoms with Crippen molar-refractivity contribution < 1.29 is 4.92 Å². The van der Waals surface area contributed by atoms with Crippen LogP contribution >= 0.6 is 11.6 Å². The van der Waals surface area contributed by atoms with Crippen LogP contribution in [0.3, 0.4) is 0 Å². The van der Waals surface area contributed by atoms with Crippen LogP contribution in [0.4, 0.5) is 17.1 Å². The molecular weight excluding hydrogens is 266 g/mol. The fourth-order valence-electron chi connectivity index (χ4n) is 1.75. The zero-order valence-electron chi connectivity index (χ0n) is 9.97. The molecule has 0 aliphatic heterocycles. The Labute approximate surface area is 115 Å². The number of nitro groups is 1. The molecule has 0 saturated heterocycles. The minimum absolute atomic E-state index is 0.107. The molecule has 0 spiro atoms. The topological polar surface area (TPSA) is 81.2 Å². The van der Waals surface area contributed by atoms with Gasteiger partial charge in [0, 0.05) is 11.6 Å². The zero-order valence-corrected chi connectivity index (χ0v) is 10.7. The number of anilines is 2. The van der Waals surface area contributed by atoms with Gasteiger partial charge in [-0.1, -0.05) is 29.8 Å². The molecule has 6 heteroatoms. The highest BCUT2D eigenvalue weighted by Gasteiger charge is 2.17. The average molecular weight is 278 g/mol. The molecule has 0 bridgehead atoms. The molecule has 0 aliphatic carbocycles. The molecule has 0 atom stereocenters. The lowest BCUT2D eigenvalue weighted by atomic mass is 10.2. The van der Waals surface area contributed by atoms with E-state index in [0.29, 0.717) is 17.3 Å². The fraction of sp³-hybridized carbons (Fsp3) is 0.0769. The van der Waals surface area contributed by atoms with Gasteiger partial charge in [-0.15, -0.1) is 0 Å². The number of nitro benzene ring substituents is 1. The normalized spacial score (nSPS) is 10.2. The number of rotatable bonds is 4. The molecule has 3 N–H and O–H groups in total. The van der Waals surface area contributed by atoms with Gasteiger partial charge in [-0.05, 0) is 29.8 Å². The number of nitrogens with one attached hydrogen (secondary N) is 1. The van der Waals surface area contributed by atoms with Gasteiger partial charge in [0.05, 0.1) is 4.92 Å². The summed E-state index contributed by atoms with van der Waals surface area (Å²) >= 11 is 5.88. The first kappa shape index (κ1) is 13.2. The van der Waals surface area contributed by atoms with Crippen molar-refractivity contribution in [3.05, 3.63) is 63.2 Å². The van der Waals surface area contributed by atoms with Crippen molar-refractivity contribution >= 4 is 28.7 Å². The predicted molar refractivity (Wildman–Crippen MR) is 76.3 cm³/mol. The minimum Gasteiger partial charge on any atom is -0.393 e. The molecule has 0 saturated carbocycles. The first-order chi connectivity index (χ1) is 9.08. The number of nitrogen functional groups attached to an aromatic ring is 1. The molecule has 0 heterocycles. The summed E-state index contributed by atoms with van der Waals surface area (Å²) in [4.78, 5) is 10.5. The number of benzene rings is 2. The van der Waals surface area contributed by atoms with Crippen LogP contribution in [0, 0.1) is 10.1 Å². The lowest BCUT2D eigenvalue weighted by Gasteiger charge is -2.08. The van der Waals surface area contributed by atoms with Gasteiger partial charge in [0.15, 0.2) is 0 Å². The Hall–Kier alpha value is -2.27. The summed E-state index contributed by atoms with van der Waals surface area (Å²) in [6.07, 6.45) is 0. The largest absolute Gasteiger partial charge is 0.393 e. The maximum absolute atomic E-state index is 11.0. The number of nitrogens with two attached hydrogens (primary N) is 1. The average Bonchev–Trinajstić information content (AvgIpc) is 2.36. The lowest BCUT2D eigenvalue weighted by molar-refractivity contribution is -0.383. The second kappa shape index (κ2) is 5.58. The third-order valence-corrected chi connectivity index (χ3v) is 2.86. The van der Waals surface area contributed by atoms with Crippen molar-refractivity contribution in [1.29, 1.82) is 0 Å². The summed E-state index contributed by atoms with van der Waals surface area (Å²) in [6, 6.07) is 12.1. The molecule has 0 aromatic heterocycles. The number of nitrogens with zero attached hydrogens (tertiary/aromatic N) is 1. The molecule has 98 valence electrons. The molecule has 0 amide bonds. The first-order valence-corrected chi connectivity index (χ1v) is 5.97. The number of halogens is 1. The van der Waals surface area contributed by atoms with Crippen molar-refractivity contribution in [2.24, 2.45) is 0 Å². The summed E-state index contributed by atoms with van der Waals surface area (Å²) in [7, 11) is 0. The summed E-state index contributed by atoms with van der Waals surface area (Å²) in [5.41, 5.74) is 6.97. The summed E-state index contributed by atoms with van der Waals surface area (Å²) in [6.45, 7) is 0.435. The highest BCUT2D eigenvalue weighted by atomic mass is 35.5.